The van der Waals surface area contributed by atoms with E-state index in [0.29, 0.717) is 0 Å². The predicted octanol–water partition coefficient (Wildman–Crippen LogP) is 5.02. The standard InChI is InChI=1S/C15H13ClOS/c1-17-13-7-9-14(10-8-13)18-11-15(16)12-5-3-2-4-6-12/h2-11H,1H3/b15-11+. The van der Waals surface area contributed by atoms with Crippen LogP contribution < -0.4 is 4.74 Å². The van der Waals surface area contributed by atoms with Crippen molar-refractivity contribution in [1.82, 2.24) is 0 Å². The highest BCUT2D eigenvalue weighted by Gasteiger charge is 1.98. The van der Waals surface area contributed by atoms with Gasteiger partial charge in [-0.3, -0.25) is 0 Å². The Balaban J connectivity index is 2.05. The van der Waals surface area contributed by atoms with Gasteiger partial charge in [0, 0.05) is 4.90 Å². The summed E-state index contributed by atoms with van der Waals surface area (Å²) in [5.74, 6) is 0.859. The molecule has 0 radical (unpaired) electrons. The van der Waals surface area contributed by atoms with Gasteiger partial charge in [-0.1, -0.05) is 53.7 Å². The Hall–Kier alpha value is -1.38. The highest BCUT2D eigenvalue weighted by atomic mass is 35.5. The fourth-order valence-electron chi connectivity index (χ4n) is 1.44. The van der Waals surface area contributed by atoms with Gasteiger partial charge in [0.05, 0.1) is 12.1 Å². The largest absolute Gasteiger partial charge is 0.497 e. The van der Waals surface area contributed by atoms with E-state index in [4.69, 9.17) is 16.3 Å². The summed E-state index contributed by atoms with van der Waals surface area (Å²) in [6.07, 6.45) is 0. The molecule has 2 aromatic carbocycles. The van der Waals surface area contributed by atoms with Crippen molar-refractivity contribution in [1.29, 1.82) is 0 Å². The van der Waals surface area contributed by atoms with Crippen LogP contribution in [0.3, 0.4) is 0 Å². The fourth-order valence-corrected chi connectivity index (χ4v) is 2.37. The van der Waals surface area contributed by atoms with Crippen LogP contribution in [-0.2, 0) is 0 Å². The maximum atomic E-state index is 6.23. The molecule has 0 amide bonds. The average Bonchev–Trinajstić information content (AvgIpc) is 2.46. The number of ether oxygens (including phenoxy) is 1. The lowest BCUT2D eigenvalue weighted by Crippen LogP contribution is -1.80. The first kappa shape index (κ1) is 13.1. The van der Waals surface area contributed by atoms with Crippen LogP contribution in [0.2, 0.25) is 0 Å². The topological polar surface area (TPSA) is 9.23 Å². The van der Waals surface area contributed by atoms with Gasteiger partial charge in [-0.05, 0) is 35.2 Å². The van der Waals surface area contributed by atoms with Crippen molar-refractivity contribution in [2.24, 2.45) is 0 Å². The van der Waals surface area contributed by atoms with E-state index in [9.17, 15) is 0 Å². The second-order valence-corrected chi connectivity index (χ2v) is 4.98. The molecular weight excluding hydrogens is 264 g/mol. The van der Waals surface area contributed by atoms with E-state index in [-0.39, 0.29) is 0 Å². The van der Waals surface area contributed by atoms with Crippen molar-refractivity contribution in [3.05, 3.63) is 65.6 Å². The third-order valence-corrected chi connectivity index (χ3v) is 3.76. The van der Waals surface area contributed by atoms with Crippen LogP contribution in [0, 0.1) is 0 Å². The van der Waals surface area contributed by atoms with E-state index >= 15 is 0 Å². The van der Waals surface area contributed by atoms with Gasteiger partial charge in [0.1, 0.15) is 5.75 Å². The maximum absolute atomic E-state index is 6.23. The normalized spacial score (nSPS) is 11.3. The molecular formula is C15H13ClOS. The highest BCUT2D eigenvalue weighted by molar-refractivity contribution is 8.02. The van der Waals surface area contributed by atoms with Crippen molar-refractivity contribution >= 4 is 28.4 Å². The van der Waals surface area contributed by atoms with Crippen LogP contribution in [0.5, 0.6) is 5.75 Å². The molecule has 1 nitrogen and oxygen atoms in total. The van der Waals surface area contributed by atoms with Gasteiger partial charge in [0.25, 0.3) is 0 Å². The lowest BCUT2D eigenvalue weighted by atomic mass is 10.2. The van der Waals surface area contributed by atoms with E-state index in [1.165, 1.54) is 0 Å². The summed E-state index contributed by atoms with van der Waals surface area (Å²) in [6.45, 7) is 0. The number of thioether (sulfide) groups is 1. The molecule has 0 aliphatic carbocycles. The number of rotatable bonds is 4. The Labute approximate surface area is 116 Å². The number of halogens is 1. The first-order chi connectivity index (χ1) is 8.79. The molecule has 0 heterocycles. The predicted molar refractivity (Wildman–Crippen MR) is 79.1 cm³/mol. The van der Waals surface area contributed by atoms with E-state index in [1.807, 2.05) is 60.0 Å². The fraction of sp³-hybridized carbons (Fsp3) is 0.0667. The number of benzene rings is 2. The second-order valence-electron chi connectivity index (χ2n) is 3.63. The van der Waals surface area contributed by atoms with Gasteiger partial charge in [-0.15, -0.1) is 0 Å². The van der Waals surface area contributed by atoms with E-state index in [1.54, 1.807) is 18.9 Å². The van der Waals surface area contributed by atoms with E-state index in [0.717, 1.165) is 21.2 Å². The Kier molecular flexibility index (Phi) is 4.73. The van der Waals surface area contributed by atoms with Crippen LogP contribution in [-0.4, -0.2) is 7.11 Å². The molecule has 0 spiro atoms. The van der Waals surface area contributed by atoms with Gasteiger partial charge in [0.2, 0.25) is 0 Å². The van der Waals surface area contributed by atoms with E-state index in [2.05, 4.69) is 0 Å². The van der Waals surface area contributed by atoms with Gasteiger partial charge in [-0.25, -0.2) is 0 Å². The summed E-state index contributed by atoms with van der Waals surface area (Å²) in [7, 11) is 1.66. The Morgan fingerprint density at radius 1 is 1.06 bits per heavy atom. The van der Waals surface area contributed by atoms with Gasteiger partial charge >= 0.3 is 0 Å². The Bertz CT molecular complexity index is 520. The summed E-state index contributed by atoms with van der Waals surface area (Å²) < 4.78 is 5.11. The Morgan fingerprint density at radius 3 is 2.33 bits per heavy atom. The molecule has 0 saturated heterocycles. The summed E-state index contributed by atoms with van der Waals surface area (Å²) in [5, 5.41) is 2.69. The molecule has 18 heavy (non-hydrogen) atoms. The van der Waals surface area contributed by atoms with Crippen LogP contribution >= 0.6 is 23.4 Å². The number of methoxy groups -OCH3 is 1. The molecule has 3 heteroatoms. The van der Waals surface area contributed by atoms with E-state index < -0.39 is 0 Å². The SMILES string of the molecule is COc1ccc(S/C=C(/Cl)c2ccccc2)cc1. The maximum Gasteiger partial charge on any atom is 0.118 e. The molecule has 0 aliphatic heterocycles. The van der Waals surface area contributed by atoms with Gasteiger partial charge in [0.15, 0.2) is 0 Å². The van der Waals surface area contributed by atoms with Crippen LogP contribution in [0.15, 0.2) is 64.9 Å². The quantitative estimate of drug-likeness (QED) is 0.725. The smallest absolute Gasteiger partial charge is 0.118 e. The summed E-state index contributed by atoms with van der Waals surface area (Å²) in [4.78, 5) is 1.13. The molecule has 0 aromatic heterocycles. The zero-order valence-electron chi connectivity index (χ0n) is 9.97. The van der Waals surface area contributed by atoms with Crippen molar-refractivity contribution in [3.63, 3.8) is 0 Å². The molecule has 2 rings (SSSR count). The minimum Gasteiger partial charge on any atom is -0.497 e. The molecule has 0 atom stereocenters. The molecule has 2 aromatic rings. The molecule has 0 saturated carbocycles. The van der Waals surface area contributed by atoms with Crippen molar-refractivity contribution in [2.75, 3.05) is 7.11 Å². The molecule has 0 aliphatic rings. The van der Waals surface area contributed by atoms with Crippen LogP contribution in [0.4, 0.5) is 0 Å². The Morgan fingerprint density at radius 2 is 1.72 bits per heavy atom. The monoisotopic (exact) mass is 276 g/mol. The number of hydrogen-bond donors (Lipinski definition) is 0. The zero-order chi connectivity index (χ0) is 12.8. The molecule has 0 unspecified atom stereocenters. The van der Waals surface area contributed by atoms with Crippen LogP contribution in [0.1, 0.15) is 5.56 Å². The highest BCUT2D eigenvalue weighted by Crippen LogP contribution is 2.28. The summed E-state index contributed by atoms with van der Waals surface area (Å²) in [6, 6.07) is 17.8. The second kappa shape index (κ2) is 6.53. The lowest BCUT2D eigenvalue weighted by Gasteiger charge is -2.01. The van der Waals surface area contributed by atoms with Crippen molar-refractivity contribution in [3.8, 4) is 5.75 Å². The molecule has 0 N–H and O–H groups in total. The third kappa shape index (κ3) is 3.56. The summed E-state index contributed by atoms with van der Waals surface area (Å²) in [5.41, 5.74) is 1.03. The van der Waals surface area contributed by atoms with Crippen molar-refractivity contribution < 1.29 is 4.74 Å². The van der Waals surface area contributed by atoms with Gasteiger partial charge < -0.3 is 4.74 Å². The zero-order valence-corrected chi connectivity index (χ0v) is 11.5. The molecule has 92 valence electrons. The minimum atomic E-state index is 0.747. The van der Waals surface area contributed by atoms with Crippen LogP contribution in [0.25, 0.3) is 5.03 Å². The summed E-state index contributed by atoms with van der Waals surface area (Å²) >= 11 is 7.82. The first-order valence-corrected chi connectivity index (χ1v) is 6.77. The first-order valence-electron chi connectivity index (χ1n) is 5.51. The minimum absolute atomic E-state index is 0.747. The molecule has 0 fully saturated rings. The average molecular weight is 277 g/mol. The molecule has 0 bridgehead atoms. The van der Waals surface area contributed by atoms with Gasteiger partial charge in [-0.2, -0.15) is 0 Å². The third-order valence-electron chi connectivity index (χ3n) is 2.41. The lowest BCUT2D eigenvalue weighted by molar-refractivity contribution is 0.414. The van der Waals surface area contributed by atoms with Crippen molar-refractivity contribution in [2.45, 2.75) is 4.90 Å². The number of hydrogen-bond acceptors (Lipinski definition) is 2.